The van der Waals surface area contributed by atoms with Crippen LogP contribution in [0.1, 0.15) is 18.9 Å². The van der Waals surface area contributed by atoms with E-state index in [4.69, 9.17) is 26.8 Å². The standard InChI is InChI=1S/C25H24FN3O3S2/c1-3-32-21-11-10-17(14-20(21)26)23-18(16-29(27-23)19-8-5-4-6-9-19)15-22-24(30)28(25(33)34-22)12-7-13-31-2/h4-6,8-11,14-16H,3,7,12-13H2,1-2H3/b22-15-. The number of methoxy groups -OCH3 is 1. The Hall–Kier alpha value is -3.01. The molecular formula is C25H24FN3O3S2. The number of carbonyl (C=O) groups is 1. The number of rotatable bonds is 9. The number of carbonyl (C=O) groups excluding carboxylic acids is 1. The number of halogens is 1. The van der Waals surface area contributed by atoms with Gasteiger partial charge in [-0.15, -0.1) is 0 Å². The molecule has 1 fully saturated rings. The summed E-state index contributed by atoms with van der Waals surface area (Å²) in [5.74, 6) is -0.432. The molecule has 0 aliphatic carbocycles. The Labute approximate surface area is 207 Å². The Morgan fingerprint density at radius 1 is 1.21 bits per heavy atom. The molecule has 0 atom stereocenters. The Kier molecular flexibility index (Phi) is 7.77. The van der Waals surface area contributed by atoms with Crippen LogP contribution in [0.15, 0.2) is 59.6 Å². The van der Waals surface area contributed by atoms with Crippen molar-refractivity contribution in [3.63, 3.8) is 0 Å². The molecule has 0 bridgehead atoms. The average molecular weight is 498 g/mol. The lowest BCUT2D eigenvalue weighted by atomic mass is 10.1. The molecule has 9 heteroatoms. The van der Waals surface area contributed by atoms with E-state index in [9.17, 15) is 9.18 Å². The molecule has 4 rings (SSSR count). The quantitative estimate of drug-likeness (QED) is 0.227. The topological polar surface area (TPSA) is 56.6 Å². The summed E-state index contributed by atoms with van der Waals surface area (Å²) in [5, 5.41) is 4.71. The van der Waals surface area contributed by atoms with Crippen LogP contribution in [0, 0.1) is 5.82 Å². The van der Waals surface area contributed by atoms with Gasteiger partial charge in [-0.2, -0.15) is 5.10 Å². The van der Waals surface area contributed by atoms with Crippen molar-refractivity contribution in [2.75, 3.05) is 26.9 Å². The van der Waals surface area contributed by atoms with Crippen molar-refractivity contribution in [1.29, 1.82) is 0 Å². The Bertz CT molecular complexity index is 1230. The average Bonchev–Trinajstić information content (AvgIpc) is 3.37. The fourth-order valence-electron chi connectivity index (χ4n) is 3.55. The molecule has 1 amide bonds. The predicted octanol–water partition coefficient (Wildman–Crippen LogP) is 5.31. The van der Waals surface area contributed by atoms with Gasteiger partial charge in [-0.1, -0.05) is 42.2 Å². The molecule has 0 N–H and O–H groups in total. The normalized spacial score (nSPS) is 14.9. The third-order valence-corrected chi connectivity index (χ3v) is 6.54. The highest BCUT2D eigenvalue weighted by atomic mass is 32.2. The van der Waals surface area contributed by atoms with Crippen LogP contribution in [0.25, 0.3) is 23.0 Å². The first-order valence-corrected chi connectivity index (χ1v) is 12.1. The van der Waals surface area contributed by atoms with E-state index < -0.39 is 5.82 Å². The van der Waals surface area contributed by atoms with Crippen molar-refractivity contribution < 1.29 is 18.7 Å². The van der Waals surface area contributed by atoms with Gasteiger partial charge in [-0.05, 0) is 49.8 Å². The lowest BCUT2D eigenvalue weighted by Gasteiger charge is -2.13. The van der Waals surface area contributed by atoms with E-state index in [1.807, 2.05) is 36.5 Å². The molecule has 2 heterocycles. The molecule has 0 radical (unpaired) electrons. The van der Waals surface area contributed by atoms with E-state index in [0.29, 0.717) is 52.2 Å². The third kappa shape index (κ3) is 5.22. The van der Waals surface area contributed by atoms with E-state index in [1.54, 1.807) is 41.8 Å². The van der Waals surface area contributed by atoms with E-state index in [0.717, 1.165) is 5.69 Å². The molecule has 3 aromatic rings. The Balaban J connectivity index is 1.73. The van der Waals surface area contributed by atoms with Gasteiger partial charge in [0.15, 0.2) is 11.6 Å². The first kappa shape index (κ1) is 24.1. The van der Waals surface area contributed by atoms with E-state index >= 15 is 0 Å². The number of hydrogen-bond acceptors (Lipinski definition) is 6. The summed E-state index contributed by atoms with van der Waals surface area (Å²) in [7, 11) is 1.62. The number of aromatic nitrogens is 2. The largest absolute Gasteiger partial charge is 0.491 e. The van der Waals surface area contributed by atoms with Gasteiger partial charge in [0, 0.05) is 37.6 Å². The second-order valence-corrected chi connectivity index (χ2v) is 9.15. The van der Waals surface area contributed by atoms with Crippen LogP contribution in [0.5, 0.6) is 5.75 Å². The van der Waals surface area contributed by atoms with E-state index in [2.05, 4.69) is 0 Å². The zero-order valence-electron chi connectivity index (χ0n) is 18.9. The van der Waals surface area contributed by atoms with Gasteiger partial charge in [-0.25, -0.2) is 9.07 Å². The number of ether oxygens (including phenoxy) is 2. The monoisotopic (exact) mass is 497 g/mol. The summed E-state index contributed by atoms with van der Waals surface area (Å²) in [6.45, 7) is 3.22. The van der Waals surface area contributed by atoms with Crippen molar-refractivity contribution in [1.82, 2.24) is 14.7 Å². The summed E-state index contributed by atoms with van der Waals surface area (Å²) in [6, 6.07) is 14.4. The smallest absolute Gasteiger partial charge is 0.266 e. The minimum absolute atomic E-state index is 0.151. The fourth-order valence-corrected chi connectivity index (χ4v) is 4.85. The predicted molar refractivity (Wildman–Crippen MR) is 136 cm³/mol. The number of amides is 1. The van der Waals surface area contributed by atoms with Crippen LogP contribution >= 0.6 is 24.0 Å². The molecule has 1 saturated heterocycles. The Morgan fingerprint density at radius 2 is 2.00 bits per heavy atom. The van der Waals surface area contributed by atoms with Crippen LogP contribution in [0.4, 0.5) is 4.39 Å². The van der Waals surface area contributed by atoms with Gasteiger partial charge >= 0.3 is 0 Å². The molecule has 34 heavy (non-hydrogen) atoms. The first-order chi connectivity index (χ1) is 16.5. The van der Waals surface area contributed by atoms with Gasteiger partial charge in [0.05, 0.1) is 17.2 Å². The van der Waals surface area contributed by atoms with E-state index in [1.165, 1.54) is 17.8 Å². The summed E-state index contributed by atoms with van der Waals surface area (Å²) in [6.07, 6.45) is 4.29. The van der Waals surface area contributed by atoms with Crippen molar-refractivity contribution >= 4 is 40.3 Å². The zero-order chi connectivity index (χ0) is 24.1. The second kappa shape index (κ2) is 10.9. The van der Waals surface area contributed by atoms with Crippen molar-refractivity contribution in [3.05, 3.63) is 71.0 Å². The molecule has 176 valence electrons. The molecule has 1 aliphatic rings. The maximum atomic E-state index is 14.6. The van der Waals surface area contributed by atoms with Gasteiger partial charge in [0.25, 0.3) is 5.91 Å². The maximum Gasteiger partial charge on any atom is 0.266 e. The number of para-hydroxylation sites is 1. The summed E-state index contributed by atoms with van der Waals surface area (Å²) in [4.78, 5) is 15.1. The van der Waals surface area contributed by atoms with Gasteiger partial charge in [0.1, 0.15) is 10.0 Å². The molecule has 0 saturated carbocycles. The second-order valence-electron chi connectivity index (χ2n) is 7.47. The highest BCUT2D eigenvalue weighted by Gasteiger charge is 2.32. The van der Waals surface area contributed by atoms with Crippen molar-refractivity contribution in [2.45, 2.75) is 13.3 Å². The lowest BCUT2D eigenvalue weighted by Crippen LogP contribution is -2.29. The van der Waals surface area contributed by atoms with Gasteiger partial charge in [0.2, 0.25) is 0 Å². The molecule has 0 unspecified atom stereocenters. The van der Waals surface area contributed by atoms with Crippen molar-refractivity contribution in [3.8, 4) is 22.7 Å². The fraction of sp³-hybridized carbons (Fsp3) is 0.240. The minimum atomic E-state index is -0.468. The summed E-state index contributed by atoms with van der Waals surface area (Å²) >= 11 is 6.68. The number of thioether (sulfide) groups is 1. The van der Waals surface area contributed by atoms with Crippen LogP contribution in [0.2, 0.25) is 0 Å². The summed E-state index contributed by atoms with van der Waals surface area (Å²) in [5.41, 5.74) is 2.67. The number of benzene rings is 2. The highest BCUT2D eigenvalue weighted by Crippen LogP contribution is 2.35. The molecule has 2 aromatic carbocycles. The van der Waals surface area contributed by atoms with Crippen LogP contribution in [0.3, 0.4) is 0 Å². The van der Waals surface area contributed by atoms with Gasteiger partial charge in [-0.3, -0.25) is 9.69 Å². The molecular weight excluding hydrogens is 473 g/mol. The SMILES string of the molecule is CCOc1ccc(-c2nn(-c3ccccc3)cc2/C=C2\SC(=S)N(CCCOC)C2=O)cc1F. The molecule has 1 aliphatic heterocycles. The highest BCUT2D eigenvalue weighted by molar-refractivity contribution is 8.26. The maximum absolute atomic E-state index is 14.6. The van der Waals surface area contributed by atoms with Crippen LogP contribution in [-0.4, -0.2) is 51.8 Å². The molecule has 0 spiro atoms. The zero-order valence-corrected chi connectivity index (χ0v) is 20.5. The van der Waals surface area contributed by atoms with E-state index in [-0.39, 0.29) is 11.7 Å². The molecule has 6 nitrogen and oxygen atoms in total. The van der Waals surface area contributed by atoms with Gasteiger partial charge < -0.3 is 9.47 Å². The number of nitrogens with zero attached hydrogens (tertiary/aromatic N) is 3. The summed E-state index contributed by atoms with van der Waals surface area (Å²) < 4.78 is 27.3. The van der Waals surface area contributed by atoms with Crippen LogP contribution in [-0.2, 0) is 9.53 Å². The Morgan fingerprint density at radius 3 is 2.71 bits per heavy atom. The molecule has 1 aromatic heterocycles. The number of thiocarbonyl (C=S) groups is 1. The third-order valence-electron chi connectivity index (χ3n) is 5.16. The first-order valence-electron chi connectivity index (χ1n) is 10.8. The van der Waals surface area contributed by atoms with Crippen LogP contribution < -0.4 is 4.74 Å². The number of hydrogen-bond donors (Lipinski definition) is 0. The van der Waals surface area contributed by atoms with Crippen molar-refractivity contribution in [2.24, 2.45) is 0 Å². The lowest BCUT2D eigenvalue weighted by molar-refractivity contribution is -0.122. The minimum Gasteiger partial charge on any atom is -0.491 e.